The number of aryl methyl sites for hydroxylation is 2. The van der Waals surface area contributed by atoms with Gasteiger partial charge < -0.3 is 11.5 Å². The Morgan fingerprint density at radius 2 is 1.45 bits per heavy atom. The molecule has 4 N–H and O–H groups in total. The van der Waals surface area contributed by atoms with Gasteiger partial charge in [-0.3, -0.25) is 4.79 Å². The summed E-state index contributed by atoms with van der Waals surface area (Å²) >= 11 is 7.87. The molecule has 108 valence electrons. The Morgan fingerprint density at radius 3 is 1.60 bits per heavy atom. The summed E-state index contributed by atoms with van der Waals surface area (Å²) in [6.07, 6.45) is 0. The molecule has 20 heavy (non-hydrogen) atoms. The molecule has 2 unspecified atom stereocenters. The maximum Gasteiger partial charge on any atom is 0.259 e. The molecule has 2 heterocycles. The van der Waals surface area contributed by atoms with Crippen molar-refractivity contribution >= 4 is 73.5 Å². The van der Waals surface area contributed by atoms with Gasteiger partial charge in [-0.25, -0.2) is 0 Å². The fraction of sp³-hybridized carbons (Fsp3) is 0.167. The molecule has 0 saturated carbocycles. The van der Waals surface area contributed by atoms with E-state index in [1.165, 1.54) is 21.5 Å². The molecular formula is C12H16N2OP2S3. The van der Waals surface area contributed by atoms with Crippen LogP contribution in [0, 0.1) is 13.8 Å². The molecule has 0 aliphatic heterocycles. The number of thiocarbonyl (C=S) groups is 1. The van der Waals surface area contributed by atoms with Crippen molar-refractivity contribution in [2.24, 2.45) is 11.5 Å². The first kappa shape index (κ1) is 17.7. The average molecular weight is 362 g/mol. The van der Waals surface area contributed by atoms with Crippen molar-refractivity contribution in [2.75, 3.05) is 0 Å². The van der Waals surface area contributed by atoms with Crippen molar-refractivity contribution in [2.45, 2.75) is 13.8 Å². The minimum absolute atomic E-state index is 0.337. The molecule has 0 saturated heterocycles. The summed E-state index contributed by atoms with van der Waals surface area (Å²) in [4.78, 5) is 12.8. The lowest BCUT2D eigenvalue weighted by Gasteiger charge is -1.91. The zero-order valence-electron chi connectivity index (χ0n) is 11.1. The Hall–Kier alpha value is -0.380. The van der Waals surface area contributed by atoms with Gasteiger partial charge >= 0.3 is 0 Å². The van der Waals surface area contributed by atoms with Crippen LogP contribution in [0.1, 0.15) is 25.7 Å². The number of carbonyl (C=O) groups excluding carboxylic acids is 1. The molecule has 1 amide bonds. The molecule has 0 bridgehead atoms. The lowest BCUT2D eigenvalue weighted by molar-refractivity contribution is 0.100. The molecule has 2 atom stereocenters. The molecule has 0 spiro atoms. The number of thiophene rings is 2. The van der Waals surface area contributed by atoms with Crippen LogP contribution >= 0.6 is 53.4 Å². The van der Waals surface area contributed by atoms with Crippen LogP contribution in [0.4, 0.5) is 0 Å². The number of hydrogen-bond acceptors (Lipinski definition) is 4. The maximum atomic E-state index is 10.7. The highest BCUT2D eigenvalue weighted by Crippen LogP contribution is 2.15. The number of hydrogen-bond donors (Lipinski definition) is 2. The van der Waals surface area contributed by atoms with E-state index in [1.54, 1.807) is 11.3 Å². The van der Waals surface area contributed by atoms with Gasteiger partial charge in [-0.15, -0.1) is 22.7 Å². The summed E-state index contributed by atoms with van der Waals surface area (Å²) < 4.78 is 2.23. The second kappa shape index (κ2) is 7.58. The first-order valence-electron chi connectivity index (χ1n) is 5.53. The highest BCUT2D eigenvalue weighted by Gasteiger charge is 2.07. The molecule has 3 nitrogen and oxygen atoms in total. The summed E-state index contributed by atoms with van der Waals surface area (Å²) in [5, 5.41) is 0. The molecule has 0 fully saturated rings. The highest BCUT2D eigenvalue weighted by atomic mass is 32.1. The van der Waals surface area contributed by atoms with Crippen LogP contribution < -0.4 is 20.7 Å². The van der Waals surface area contributed by atoms with Crippen LogP contribution in [0.25, 0.3) is 0 Å². The van der Waals surface area contributed by atoms with Gasteiger partial charge in [-0.2, -0.15) is 0 Å². The smallest absolute Gasteiger partial charge is 0.259 e. The largest absolute Gasteiger partial charge is 0.389 e. The summed E-state index contributed by atoms with van der Waals surface area (Å²) in [5.41, 5.74) is 12.7. The molecular weight excluding hydrogens is 346 g/mol. The van der Waals surface area contributed by atoms with Crippen molar-refractivity contribution < 1.29 is 4.79 Å². The van der Waals surface area contributed by atoms with Crippen LogP contribution in [-0.4, -0.2) is 10.9 Å². The van der Waals surface area contributed by atoms with E-state index in [0.29, 0.717) is 9.87 Å². The fourth-order valence-electron chi connectivity index (χ4n) is 1.50. The Kier molecular flexibility index (Phi) is 6.70. The third-order valence-electron chi connectivity index (χ3n) is 2.32. The second-order valence-corrected chi connectivity index (χ2v) is 8.74. The van der Waals surface area contributed by atoms with Crippen molar-refractivity contribution in [3.63, 3.8) is 0 Å². The van der Waals surface area contributed by atoms with Gasteiger partial charge in [0.15, 0.2) is 0 Å². The summed E-state index contributed by atoms with van der Waals surface area (Å²) in [6, 6.07) is 3.99. The van der Waals surface area contributed by atoms with Crippen LogP contribution in [0.2, 0.25) is 0 Å². The Balaban J connectivity index is 0.000000200. The van der Waals surface area contributed by atoms with E-state index in [0.717, 1.165) is 15.1 Å². The fourth-order valence-corrected chi connectivity index (χ4v) is 4.58. The van der Waals surface area contributed by atoms with Gasteiger partial charge in [0.2, 0.25) is 0 Å². The molecule has 2 rings (SSSR count). The minimum atomic E-state index is -0.337. The van der Waals surface area contributed by atoms with Crippen LogP contribution in [0.3, 0.4) is 0 Å². The summed E-state index contributed by atoms with van der Waals surface area (Å²) in [6.45, 7) is 3.89. The van der Waals surface area contributed by atoms with Gasteiger partial charge in [-0.1, -0.05) is 30.7 Å². The maximum absolute atomic E-state index is 10.7. The topological polar surface area (TPSA) is 69.1 Å². The molecule has 0 aliphatic rings. The van der Waals surface area contributed by atoms with Crippen molar-refractivity contribution in [3.05, 3.63) is 33.0 Å². The molecule has 2 aromatic heterocycles. The Morgan fingerprint density at radius 1 is 1.05 bits per heavy atom. The third kappa shape index (κ3) is 4.87. The Labute approximate surface area is 136 Å². The van der Waals surface area contributed by atoms with Crippen molar-refractivity contribution in [1.82, 2.24) is 0 Å². The zero-order valence-corrected chi connectivity index (χ0v) is 15.9. The minimum Gasteiger partial charge on any atom is -0.389 e. The number of carbonyl (C=O) groups is 1. The van der Waals surface area contributed by atoms with E-state index in [1.807, 2.05) is 19.9 Å². The van der Waals surface area contributed by atoms with E-state index in [4.69, 9.17) is 23.7 Å². The summed E-state index contributed by atoms with van der Waals surface area (Å²) in [7, 11) is 5.17. The first-order chi connectivity index (χ1) is 9.22. The number of amides is 1. The van der Waals surface area contributed by atoms with Gasteiger partial charge in [0.05, 0.1) is 9.75 Å². The van der Waals surface area contributed by atoms with Crippen LogP contribution in [-0.2, 0) is 0 Å². The predicted octanol–water partition coefficient (Wildman–Crippen LogP) is 1.85. The van der Waals surface area contributed by atoms with E-state index in [9.17, 15) is 4.79 Å². The second-order valence-electron chi connectivity index (χ2n) is 4.05. The monoisotopic (exact) mass is 362 g/mol. The molecule has 8 heteroatoms. The standard InChI is InChI=1S/C6H8NOPS.C6H8NPS2/c1-3-2-4(9)10-5(3)6(7)8;1-3-2-4(8)10-5(3)6(7)9/h2H,9H2,1H3,(H2,7,8);2H,8H2,1H3,(H2,7,9). The van der Waals surface area contributed by atoms with Gasteiger partial charge in [0.1, 0.15) is 4.99 Å². The molecule has 0 radical (unpaired) electrons. The average Bonchev–Trinajstić information content (AvgIpc) is 2.82. The highest BCUT2D eigenvalue weighted by molar-refractivity contribution is 7.81. The molecule has 2 aromatic rings. The van der Waals surface area contributed by atoms with E-state index in [-0.39, 0.29) is 5.91 Å². The van der Waals surface area contributed by atoms with Crippen molar-refractivity contribution in [3.8, 4) is 0 Å². The van der Waals surface area contributed by atoms with Gasteiger partial charge in [-0.05, 0) is 37.1 Å². The van der Waals surface area contributed by atoms with Gasteiger partial charge in [0.25, 0.3) is 5.91 Å². The van der Waals surface area contributed by atoms with E-state index in [2.05, 4.69) is 24.5 Å². The van der Waals surface area contributed by atoms with Crippen LogP contribution in [0.5, 0.6) is 0 Å². The molecule has 0 aromatic carbocycles. The lowest BCUT2D eigenvalue weighted by Crippen LogP contribution is -2.09. The first-order valence-corrected chi connectivity index (χ1v) is 8.73. The third-order valence-corrected chi connectivity index (χ3v) is 5.88. The SMILES string of the molecule is Cc1cc(P)sc1C(N)=O.Cc1cc(P)sc1C(N)=S. The van der Waals surface area contributed by atoms with E-state index >= 15 is 0 Å². The van der Waals surface area contributed by atoms with Gasteiger partial charge in [0, 0.05) is 9.24 Å². The van der Waals surface area contributed by atoms with E-state index < -0.39 is 0 Å². The molecule has 0 aliphatic carbocycles. The number of nitrogens with two attached hydrogens (primary N) is 2. The summed E-state index contributed by atoms with van der Waals surface area (Å²) in [5.74, 6) is -0.337. The zero-order chi connectivity index (χ0) is 15.4. The number of rotatable bonds is 2. The van der Waals surface area contributed by atoms with Crippen molar-refractivity contribution in [1.29, 1.82) is 0 Å². The normalized spacial score (nSPS) is 9.80. The predicted molar refractivity (Wildman–Crippen MR) is 101 cm³/mol. The lowest BCUT2D eigenvalue weighted by atomic mass is 10.3. The quantitative estimate of drug-likeness (QED) is 0.633. The number of primary amides is 1. The van der Waals surface area contributed by atoms with Crippen LogP contribution in [0.15, 0.2) is 12.1 Å². The Bertz CT molecular complexity index is 593.